The van der Waals surface area contributed by atoms with Crippen LogP contribution in [0, 0.1) is 5.82 Å². The highest BCUT2D eigenvalue weighted by molar-refractivity contribution is 5.93. The molecule has 4 nitrogen and oxygen atoms in total. The fourth-order valence-corrected chi connectivity index (χ4v) is 1.61. The molecule has 0 bridgehead atoms. The number of ether oxygens (including phenoxy) is 2. The van der Waals surface area contributed by atoms with E-state index < -0.39 is 11.8 Å². The van der Waals surface area contributed by atoms with Gasteiger partial charge in [-0.1, -0.05) is 0 Å². The second-order valence-electron chi connectivity index (χ2n) is 3.62. The van der Waals surface area contributed by atoms with Gasteiger partial charge < -0.3 is 9.47 Å². The number of pyridine rings is 1. The summed E-state index contributed by atoms with van der Waals surface area (Å²) in [6.45, 7) is 2.00. The van der Waals surface area contributed by atoms with Crippen molar-refractivity contribution in [1.29, 1.82) is 0 Å². The van der Waals surface area contributed by atoms with Gasteiger partial charge in [-0.3, -0.25) is 4.98 Å². The van der Waals surface area contributed by atoms with Crippen LogP contribution in [-0.2, 0) is 4.74 Å². The van der Waals surface area contributed by atoms with Crippen molar-refractivity contribution in [3.05, 3.63) is 35.8 Å². The number of aromatic nitrogens is 1. The molecule has 2 aromatic rings. The maximum absolute atomic E-state index is 13.5. The van der Waals surface area contributed by atoms with Crippen LogP contribution in [0.25, 0.3) is 10.9 Å². The summed E-state index contributed by atoms with van der Waals surface area (Å²) in [6, 6.07) is 4.31. The number of benzene rings is 1. The standard InChI is InChI=1S/C13H12FNO3/c1-3-18-13(16)9-4-8-5-10(14)12(17-2)6-11(8)15-7-9/h4-7H,3H2,1-2H3. The summed E-state index contributed by atoms with van der Waals surface area (Å²) in [7, 11) is 1.39. The maximum Gasteiger partial charge on any atom is 0.339 e. The van der Waals surface area contributed by atoms with E-state index in [1.807, 2.05) is 0 Å². The van der Waals surface area contributed by atoms with Crippen molar-refractivity contribution < 1.29 is 18.7 Å². The van der Waals surface area contributed by atoms with E-state index in [0.29, 0.717) is 16.5 Å². The molecule has 0 saturated carbocycles. The molecule has 0 saturated heterocycles. The average Bonchev–Trinajstić information content (AvgIpc) is 2.37. The Bertz CT molecular complexity index is 598. The van der Waals surface area contributed by atoms with Crippen LogP contribution in [0.3, 0.4) is 0 Å². The molecule has 1 aromatic carbocycles. The number of carbonyl (C=O) groups excluding carboxylic acids is 1. The van der Waals surface area contributed by atoms with E-state index in [1.165, 1.54) is 25.4 Å². The predicted molar refractivity (Wildman–Crippen MR) is 64.2 cm³/mol. The number of methoxy groups -OCH3 is 1. The highest BCUT2D eigenvalue weighted by Crippen LogP contribution is 2.23. The third-order valence-electron chi connectivity index (χ3n) is 2.47. The quantitative estimate of drug-likeness (QED) is 0.784. The molecule has 0 aliphatic carbocycles. The van der Waals surface area contributed by atoms with Gasteiger partial charge in [0, 0.05) is 17.6 Å². The van der Waals surface area contributed by atoms with E-state index in [2.05, 4.69) is 4.98 Å². The third-order valence-corrected chi connectivity index (χ3v) is 2.47. The van der Waals surface area contributed by atoms with Crippen LogP contribution in [0.15, 0.2) is 24.4 Å². The normalized spacial score (nSPS) is 10.4. The lowest BCUT2D eigenvalue weighted by Gasteiger charge is -2.06. The minimum Gasteiger partial charge on any atom is -0.494 e. The molecule has 1 heterocycles. The topological polar surface area (TPSA) is 48.4 Å². The highest BCUT2D eigenvalue weighted by Gasteiger charge is 2.10. The number of hydrogen-bond donors (Lipinski definition) is 0. The van der Waals surface area contributed by atoms with Gasteiger partial charge in [-0.25, -0.2) is 9.18 Å². The van der Waals surface area contributed by atoms with E-state index in [1.54, 1.807) is 13.0 Å². The van der Waals surface area contributed by atoms with Crippen molar-refractivity contribution in [3.63, 3.8) is 0 Å². The lowest BCUT2D eigenvalue weighted by molar-refractivity contribution is 0.0526. The molecule has 0 amide bonds. The monoisotopic (exact) mass is 249 g/mol. The summed E-state index contributed by atoms with van der Waals surface area (Å²) >= 11 is 0. The van der Waals surface area contributed by atoms with Crippen LogP contribution >= 0.6 is 0 Å². The molecule has 0 aliphatic rings. The van der Waals surface area contributed by atoms with Gasteiger partial charge in [-0.05, 0) is 19.1 Å². The molecule has 0 fully saturated rings. The second kappa shape index (κ2) is 5.00. The molecule has 1 aromatic heterocycles. The fraction of sp³-hybridized carbons (Fsp3) is 0.231. The van der Waals surface area contributed by atoms with Crippen LogP contribution in [0.2, 0.25) is 0 Å². The molecule has 5 heteroatoms. The largest absolute Gasteiger partial charge is 0.494 e. The Hall–Kier alpha value is -2.17. The number of esters is 1. The lowest BCUT2D eigenvalue weighted by Crippen LogP contribution is -2.05. The zero-order chi connectivity index (χ0) is 13.1. The van der Waals surface area contributed by atoms with Crippen LogP contribution < -0.4 is 4.74 Å². The minimum absolute atomic E-state index is 0.124. The Labute approximate surface area is 103 Å². The van der Waals surface area contributed by atoms with Crippen LogP contribution in [-0.4, -0.2) is 24.7 Å². The first-order valence-electron chi connectivity index (χ1n) is 5.46. The zero-order valence-electron chi connectivity index (χ0n) is 10.1. The second-order valence-corrected chi connectivity index (χ2v) is 3.62. The maximum atomic E-state index is 13.5. The van der Waals surface area contributed by atoms with Crippen molar-refractivity contribution in [1.82, 2.24) is 4.98 Å². The van der Waals surface area contributed by atoms with E-state index in [4.69, 9.17) is 9.47 Å². The molecule has 0 spiro atoms. The van der Waals surface area contributed by atoms with Crippen molar-refractivity contribution in [2.24, 2.45) is 0 Å². The SMILES string of the molecule is CCOC(=O)c1cnc2cc(OC)c(F)cc2c1. The summed E-state index contributed by atoms with van der Waals surface area (Å²) in [4.78, 5) is 15.6. The zero-order valence-corrected chi connectivity index (χ0v) is 10.1. The van der Waals surface area contributed by atoms with Gasteiger partial charge >= 0.3 is 5.97 Å². The van der Waals surface area contributed by atoms with E-state index >= 15 is 0 Å². The summed E-state index contributed by atoms with van der Waals surface area (Å²) in [5, 5.41) is 0.527. The third kappa shape index (κ3) is 2.25. The first kappa shape index (κ1) is 12.3. The van der Waals surface area contributed by atoms with Crippen LogP contribution in [0.5, 0.6) is 5.75 Å². The van der Waals surface area contributed by atoms with E-state index in [9.17, 15) is 9.18 Å². The van der Waals surface area contributed by atoms with Gasteiger partial charge in [0.2, 0.25) is 0 Å². The highest BCUT2D eigenvalue weighted by atomic mass is 19.1. The van der Waals surface area contributed by atoms with Crippen LogP contribution in [0.1, 0.15) is 17.3 Å². The molecular formula is C13H12FNO3. The number of hydrogen-bond acceptors (Lipinski definition) is 4. The van der Waals surface area contributed by atoms with Crippen LogP contribution in [0.4, 0.5) is 4.39 Å². The number of rotatable bonds is 3. The number of nitrogens with zero attached hydrogens (tertiary/aromatic N) is 1. The molecule has 0 aliphatic heterocycles. The Balaban J connectivity index is 2.49. The Kier molecular flexibility index (Phi) is 3.41. The summed E-state index contributed by atoms with van der Waals surface area (Å²) in [5.41, 5.74) is 0.857. The predicted octanol–water partition coefficient (Wildman–Crippen LogP) is 2.56. The molecule has 0 N–H and O–H groups in total. The molecule has 18 heavy (non-hydrogen) atoms. The lowest BCUT2D eigenvalue weighted by atomic mass is 10.1. The van der Waals surface area contributed by atoms with Gasteiger partial charge in [0.1, 0.15) is 0 Å². The van der Waals surface area contributed by atoms with Crippen molar-refractivity contribution >= 4 is 16.9 Å². The summed E-state index contributed by atoms with van der Waals surface area (Å²) < 4.78 is 23.2. The first-order chi connectivity index (χ1) is 8.65. The van der Waals surface area contributed by atoms with E-state index in [0.717, 1.165) is 0 Å². The van der Waals surface area contributed by atoms with E-state index in [-0.39, 0.29) is 12.4 Å². The Morgan fingerprint density at radius 2 is 2.17 bits per heavy atom. The van der Waals surface area contributed by atoms with Gasteiger partial charge in [0.05, 0.1) is 24.8 Å². The number of halogens is 1. The van der Waals surface area contributed by atoms with Crippen molar-refractivity contribution in [2.75, 3.05) is 13.7 Å². The molecule has 94 valence electrons. The summed E-state index contributed by atoms with van der Waals surface area (Å²) in [5.74, 6) is -0.838. The first-order valence-corrected chi connectivity index (χ1v) is 5.46. The Morgan fingerprint density at radius 1 is 1.39 bits per heavy atom. The van der Waals surface area contributed by atoms with Gasteiger partial charge in [-0.2, -0.15) is 0 Å². The molecule has 2 rings (SSSR count). The van der Waals surface area contributed by atoms with Gasteiger partial charge in [-0.15, -0.1) is 0 Å². The molecule has 0 radical (unpaired) electrons. The molecule has 0 unspecified atom stereocenters. The molecular weight excluding hydrogens is 237 g/mol. The number of carbonyl (C=O) groups is 1. The van der Waals surface area contributed by atoms with Crippen molar-refractivity contribution in [2.45, 2.75) is 6.92 Å². The van der Waals surface area contributed by atoms with Gasteiger partial charge in [0.15, 0.2) is 11.6 Å². The number of fused-ring (bicyclic) bond motifs is 1. The fourth-order valence-electron chi connectivity index (χ4n) is 1.61. The van der Waals surface area contributed by atoms with Crippen molar-refractivity contribution in [3.8, 4) is 5.75 Å². The minimum atomic E-state index is -0.493. The van der Waals surface area contributed by atoms with Gasteiger partial charge in [0.25, 0.3) is 0 Å². The Morgan fingerprint density at radius 3 is 2.83 bits per heavy atom. The average molecular weight is 249 g/mol. The summed E-state index contributed by atoms with van der Waals surface area (Å²) in [6.07, 6.45) is 1.40. The smallest absolute Gasteiger partial charge is 0.339 e. The molecule has 0 atom stereocenters.